The van der Waals surface area contributed by atoms with Crippen molar-refractivity contribution in [2.45, 2.75) is 50.2 Å². The van der Waals surface area contributed by atoms with Crippen molar-refractivity contribution in [3.63, 3.8) is 0 Å². The monoisotopic (exact) mass is 392 g/mol. The van der Waals surface area contributed by atoms with Crippen LogP contribution in [0.2, 0.25) is 0 Å². The summed E-state index contributed by atoms with van der Waals surface area (Å²) in [6.07, 6.45) is 4.10. The Labute approximate surface area is 161 Å². The third-order valence-electron chi connectivity index (χ3n) is 4.63. The molecule has 1 saturated heterocycles. The molecule has 1 atom stereocenters. The average Bonchev–Trinajstić information content (AvgIpc) is 3.14. The van der Waals surface area contributed by atoms with Gasteiger partial charge in [-0.2, -0.15) is 0 Å². The molecule has 148 valence electrons. The maximum Gasteiger partial charge on any atom is 0.240 e. The fraction of sp³-hybridized carbons (Fsp3) is 0.500. The molecule has 1 aromatic heterocycles. The molecule has 1 aromatic carbocycles. The topological polar surface area (TPSA) is 80.6 Å². The summed E-state index contributed by atoms with van der Waals surface area (Å²) in [7, 11) is -3.44. The SMILES string of the molecule is Cc1ccc(S(=O)(=O)NCCCNCc2ccc(C3CCCCO3)o2)cc1. The quantitative estimate of drug-likeness (QED) is 0.640. The van der Waals surface area contributed by atoms with Crippen LogP contribution in [-0.2, 0) is 21.3 Å². The van der Waals surface area contributed by atoms with E-state index in [0.29, 0.717) is 31.0 Å². The third-order valence-corrected chi connectivity index (χ3v) is 6.11. The van der Waals surface area contributed by atoms with Crippen LogP contribution in [0.1, 0.15) is 48.9 Å². The molecule has 0 amide bonds. The largest absolute Gasteiger partial charge is 0.462 e. The molecule has 2 aromatic rings. The number of rotatable bonds is 9. The predicted molar refractivity (Wildman–Crippen MR) is 104 cm³/mol. The van der Waals surface area contributed by atoms with E-state index in [4.69, 9.17) is 9.15 Å². The van der Waals surface area contributed by atoms with Gasteiger partial charge in [-0.1, -0.05) is 17.7 Å². The molecule has 1 fully saturated rings. The maximum atomic E-state index is 12.2. The van der Waals surface area contributed by atoms with E-state index in [-0.39, 0.29) is 6.10 Å². The first-order valence-electron chi connectivity index (χ1n) is 9.52. The molecule has 0 spiro atoms. The molecule has 0 radical (unpaired) electrons. The van der Waals surface area contributed by atoms with E-state index in [1.165, 1.54) is 6.42 Å². The second-order valence-corrected chi connectivity index (χ2v) is 8.67. The highest BCUT2D eigenvalue weighted by Crippen LogP contribution is 2.28. The molecule has 7 heteroatoms. The Morgan fingerprint density at radius 2 is 1.89 bits per heavy atom. The van der Waals surface area contributed by atoms with Gasteiger partial charge in [0.1, 0.15) is 17.6 Å². The number of nitrogens with one attached hydrogen (secondary N) is 2. The van der Waals surface area contributed by atoms with Gasteiger partial charge in [0, 0.05) is 13.2 Å². The lowest BCUT2D eigenvalue weighted by Gasteiger charge is -2.20. The lowest BCUT2D eigenvalue weighted by Crippen LogP contribution is -2.27. The van der Waals surface area contributed by atoms with Crippen molar-refractivity contribution >= 4 is 10.0 Å². The normalized spacial score (nSPS) is 17.9. The van der Waals surface area contributed by atoms with Crippen LogP contribution in [0.5, 0.6) is 0 Å². The van der Waals surface area contributed by atoms with Crippen LogP contribution in [0.4, 0.5) is 0 Å². The van der Waals surface area contributed by atoms with Crippen molar-refractivity contribution in [2.24, 2.45) is 0 Å². The molecule has 1 aliphatic rings. The van der Waals surface area contributed by atoms with E-state index in [9.17, 15) is 8.42 Å². The van der Waals surface area contributed by atoms with Crippen molar-refractivity contribution < 1.29 is 17.6 Å². The summed E-state index contributed by atoms with van der Waals surface area (Å²) in [5.41, 5.74) is 1.04. The van der Waals surface area contributed by atoms with E-state index in [1.807, 2.05) is 19.1 Å². The zero-order valence-corrected chi connectivity index (χ0v) is 16.6. The molecule has 1 unspecified atom stereocenters. The van der Waals surface area contributed by atoms with Gasteiger partial charge in [-0.3, -0.25) is 0 Å². The van der Waals surface area contributed by atoms with Crippen LogP contribution < -0.4 is 10.0 Å². The van der Waals surface area contributed by atoms with Crippen LogP contribution in [0.15, 0.2) is 45.7 Å². The molecule has 27 heavy (non-hydrogen) atoms. The molecule has 6 nitrogen and oxygen atoms in total. The molecule has 1 aliphatic heterocycles. The fourth-order valence-corrected chi connectivity index (χ4v) is 4.13. The second-order valence-electron chi connectivity index (χ2n) is 6.90. The number of aryl methyl sites for hydroxylation is 1. The fourth-order valence-electron chi connectivity index (χ4n) is 3.06. The Bertz CT molecular complexity index is 809. The standard InChI is InChI=1S/C20H28N2O4S/c1-16-6-9-18(10-7-16)27(23,24)22-13-4-12-21-15-17-8-11-20(26-17)19-5-2-3-14-25-19/h6-11,19,21-22H,2-5,12-15H2,1H3. The minimum Gasteiger partial charge on any atom is -0.462 e. The van der Waals surface area contributed by atoms with Gasteiger partial charge in [0.2, 0.25) is 10.0 Å². The summed E-state index contributed by atoms with van der Waals surface area (Å²) in [5.74, 6) is 1.77. The zero-order chi connectivity index (χ0) is 19.1. The molecular weight excluding hydrogens is 364 g/mol. The van der Waals surface area contributed by atoms with Gasteiger partial charge in [0.25, 0.3) is 0 Å². The number of hydrogen-bond acceptors (Lipinski definition) is 5. The molecule has 2 heterocycles. The molecule has 2 N–H and O–H groups in total. The summed E-state index contributed by atoms with van der Waals surface area (Å²) in [6.45, 7) is 4.45. The van der Waals surface area contributed by atoms with Crippen molar-refractivity contribution in [1.29, 1.82) is 0 Å². The first-order valence-corrected chi connectivity index (χ1v) is 11.0. The maximum absolute atomic E-state index is 12.2. The summed E-state index contributed by atoms with van der Waals surface area (Å²) >= 11 is 0. The van der Waals surface area contributed by atoms with Gasteiger partial charge < -0.3 is 14.5 Å². The number of furan rings is 1. The Morgan fingerprint density at radius 1 is 1.07 bits per heavy atom. The summed E-state index contributed by atoms with van der Waals surface area (Å²) in [5, 5.41) is 3.28. The first kappa shape index (κ1) is 20.1. The lowest BCUT2D eigenvalue weighted by atomic mass is 10.1. The van der Waals surface area contributed by atoms with Gasteiger partial charge in [-0.05, 0) is 63.4 Å². The smallest absolute Gasteiger partial charge is 0.240 e. The van der Waals surface area contributed by atoms with E-state index in [1.54, 1.807) is 24.3 Å². The van der Waals surface area contributed by atoms with Crippen LogP contribution in [0.25, 0.3) is 0 Å². The molecule has 0 bridgehead atoms. The average molecular weight is 393 g/mol. The van der Waals surface area contributed by atoms with E-state index in [2.05, 4.69) is 10.0 Å². The molecule has 0 aliphatic carbocycles. The molecular formula is C20H28N2O4S. The van der Waals surface area contributed by atoms with Crippen LogP contribution >= 0.6 is 0 Å². The summed E-state index contributed by atoms with van der Waals surface area (Å²) in [6, 6.07) is 10.8. The Kier molecular flexibility index (Phi) is 7.07. The minimum absolute atomic E-state index is 0.0867. The highest BCUT2D eigenvalue weighted by Gasteiger charge is 2.19. The van der Waals surface area contributed by atoms with Crippen molar-refractivity contribution in [2.75, 3.05) is 19.7 Å². The second kappa shape index (κ2) is 9.50. The highest BCUT2D eigenvalue weighted by molar-refractivity contribution is 7.89. The van der Waals surface area contributed by atoms with Crippen LogP contribution in [-0.4, -0.2) is 28.1 Å². The Morgan fingerprint density at radius 3 is 2.63 bits per heavy atom. The Hall–Kier alpha value is -1.67. The van der Waals surface area contributed by atoms with Crippen molar-refractivity contribution in [3.8, 4) is 0 Å². The summed E-state index contributed by atoms with van der Waals surface area (Å²) in [4.78, 5) is 0.300. The number of benzene rings is 1. The zero-order valence-electron chi connectivity index (χ0n) is 15.7. The van der Waals surface area contributed by atoms with Gasteiger partial charge in [-0.15, -0.1) is 0 Å². The van der Waals surface area contributed by atoms with Gasteiger partial charge >= 0.3 is 0 Å². The van der Waals surface area contributed by atoms with Gasteiger partial charge in [-0.25, -0.2) is 13.1 Å². The highest BCUT2D eigenvalue weighted by atomic mass is 32.2. The number of hydrogen-bond donors (Lipinski definition) is 2. The van der Waals surface area contributed by atoms with Crippen LogP contribution in [0, 0.1) is 6.92 Å². The Balaban J connectivity index is 1.35. The molecule has 3 rings (SSSR count). The van der Waals surface area contributed by atoms with Crippen molar-refractivity contribution in [1.82, 2.24) is 10.0 Å². The van der Waals surface area contributed by atoms with Gasteiger partial charge in [0.15, 0.2) is 0 Å². The first-order chi connectivity index (χ1) is 13.0. The predicted octanol–water partition coefficient (Wildman–Crippen LogP) is 3.29. The lowest BCUT2D eigenvalue weighted by molar-refractivity contribution is 0.00122. The van der Waals surface area contributed by atoms with Crippen LogP contribution in [0.3, 0.4) is 0 Å². The van der Waals surface area contributed by atoms with Gasteiger partial charge in [0.05, 0.1) is 11.4 Å². The summed E-state index contributed by atoms with van der Waals surface area (Å²) < 4.78 is 38.6. The number of sulfonamides is 1. The minimum atomic E-state index is -3.44. The van der Waals surface area contributed by atoms with Crippen molar-refractivity contribution in [3.05, 3.63) is 53.5 Å². The van der Waals surface area contributed by atoms with E-state index >= 15 is 0 Å². The third kappa shape index (κ3) is 5.90. The van der Waals surface area contributed by atoms with E-state index < -0.39 is 10.0 Å². The van der Waals surface area contributed by atoms with E-state index in [0.717, 1.165) is 36.5 Å². The number of ether oxygens (including phenoxy) is 1. The molecule has 0 saturated carbocycles.